The van der Waals surface area contributed by atoms with Crippen molar-refractivity contribution >= 4 is 5.91 Å². The average molecular weight is 254 g/mol. The van der Waals surface area contributed by atoms with Gasteiger partial charge < -0.3 is 25.8 Å². The topological polar surface area (TPSA) is 126 Å². The van der Waals surface area contributed by atoms with Gasteiger partial charge in [0.05, 0.1) is 12.2 Å². The number of rotatable bonds is 3. The zero-order valence-electron chi connectivity index (χ0n) is 9.43. The smallest absolute Gasteiger partial charge is 0.250 e. The fourth-order valence-electron chi connectivity index (χ4n) is 1.92. The average Bonchev–Trinajstić information content (AvgIpc) is 2.66. The van der Waals surface area contributed by atoms with Crippen molar-refractivity contribution in [1.82, 2.24) is 4.98 Å². The van der Waals surface area contributed by atoms with Crippen LogP contribution in [0.5, 0.6) is 0 Å². The molecular formula is C11H14N2O5. The van der Waals surface area contributed by atoms with Crippen molar-refractivity contribution in [3.63, 3.8) is 0 Å². The number of pyridine rings is 1. The van der Waals surface area contributed by atoms with E-state index in [2.05, 4.69) is 4.98 Å². The number of nitrogens with zero attached hydrogens (tertiary/aromatic N) is 1. The molecule has 0 bridgehead atoms. The highest BCUT2D eigenvalue weighted by atomic mass is 16.6. The Kier molecular flexibility index (Phi) is 3.58. The van der Waals surface area contributed by atoms with E-state index < -0.39 is 36.9 Å². The summed E-state index contributed by atoms with van der Waals surface area (Å²) in [6.07, 6.45) is -1.37. The second-order valence-electron chi connectivity index (χ2n) is 4.13. The quantitative estimate of drug-likeness (QED) is 0.511. The van der Waals surface area contributed by atoms with Gasteiger partial charge in [0.2, 0.25) is 5.91 Å². The molecule has 4 unspecified atom stereocenters. The number of hydrogen-bond donors (Lipinski definition) is 4. The van der Waals surface area contributed by atoms with Crippen LogP contribution >= 0.6 is 0 Å². The molecule has 1 saturated heterocycles. The SMILES string of the molecule is NC(=O)c1cncc(C2OC(CO)C(O)C2O)c1. The molecule has 5 N–H and O–H groups in total. The number of primary amides is 1. The van der Waals surface area contributed by atoms with Crippen molar-refractivity contribution in [3.05, 3.63) is 29.6 Å². The van der Waals surface area contributed by atoms with E-state index in [1.54, 1.807) is 0 Å². The summed E-state index contributed by atoms with van der Waals surface area (Å²) in [6.45, 7) is -0.405. The van der Waals surface area contributed by atoms with Crippen LogP contribution in [0.25, 0.3) is 0 Å². The molecule has 2 heterocycles. The molecule has 98 valence electrons. The highest BCUT2D eigenvalue weighted by Crippen LogP contribution is 2.33. The van der Waals surface area contributed by atoms with Gasteiger partial charge in [-0.1, -0.05) is 0 Å². The van der Waals surface area contributed by atoms with Crippen molar-refractivity contribution in [3.8, 4) is 0 Å². The first-order valence-corrected chi connectivity index (χ1v) is 5.41. The second kappa shape index (κ2) is 4.99. The molecule has 18 heavy (non-hydrogen) atoms. The normalized spacial score (nSPS) is 31.5. The van der Waals surface area contributed by atoms with E-state index >= 15 is 0 Å². The molecule has 0 aromatic carbocycles. The summed E-state index contributed by atoms with van der Waals surface area (Å²) in [5.74, 6) is -0.643. The standard InChI is InChI=1S/C11H14N2O5/c12-11(17)6-1-5(2-13-3-6)10-9(16)8(15)7(4-14)18-10/h1-3,7-10,14-16H,4H2,(H2,12,17). The molecule has 1 aliphatic heterocycles. The van der Waals surface area contributed by atoms with Crippen LogP contribution in [-0.4, -0.2) is 51.1 Å². The summed E-state index contributed by atoms with van der Waals surface area (Å²) in [4.78, 5) is 14.8. The molecule has 0 spiro atoms. The summed E-state index contributed by atoms with van der Waals surface area (Å²) < 4.78 is 5.31. The van der Waals surface area contributed by atoms with Crippen molar-refractivity contribution in [2.45, 2.75) is 24.4 Å². The lowest BCUT2D eigenvalue weighted by Crippen LogP contribution is -2.32. The first-order valence-electron chi connectivity index (χ1n) is 5.41. The van der Waals surface area contributed by atoms with E-state index in [9.17, 15) is 15.0 Å². The molecule has 1 aliphatic rings. The highest BCUT2D eigenvalue weighted by molar-refractivity contribution is 5.92. The molecule has 4 atom stereocenters. The summed E-state index contributed by atoms with van der Waals surface area (Å²) in [7, 11) is 0. The van der Waals surface area contributed by atoms with Gasteiger partial charge in [-0.2, -0.15) is 0 Å². The Labute approximate surface area is 103 Å². The molecule has 0 aliphatic carbocycles. The number of amides is 1. The minimum absolute atomic E-state index is 0.185. The molecule has 7 nitrogen and oxygen atoms in total. The second-order valence-corrected chi connectivity index (χ2v) is 4.13. The van der Waals surface area contributed by atoms with Gasteiger partial charge in [-0.25, -0.2) is 0 Å². The molecule has 1 aromatic heterocycles. The van der Waals surface area contributed by atoms with Gasteiger partial charge in [-0.3, -0.25) is 9.78 Å². The third-order valence-corrected chi connectivity index (χ3v) is 2.91. The van der Waals surface area contributed by atoms with Crippen LogP contribution < -0.4 is 5.73 Å². The van der Waals surface area contributed by atoms with Crippen LogP contribution in [0.15, 0.2) is 18.5 Å². The molecule has 0 saturated carbocycles. The molecule has 1 amide bonds. The largest absolute Gasteiger partial charge is 0.394 e. The van der Waals surface area contributed by atoms with E-state index in [1.165, 1.54) is 18.5 Å². The van der Waals surface area contributed by atoms with E-state index in [-0.39, 0.29) is 5.56 Å². The van der Waals surface area contributed by atoms with Crippen LogP contribution in [0.4, 0.5) is 0 Å². The molecular weight excluding hydrogens is 240 g/mol. The summed E-state index contributed by atoms with van der Waals surface area (Å²) in [5.41, 5.74) is 5.74. The number of carbonyl (C=O) groups is 1. The summed E-state index contributed by atoms with van der Waals surface area (Å²) in [6, 6.07) is 1.44. The van der Waals surface area contributed by atoms with Crippen molar-refractivity contribution in [1.29, 1.82) is 0 Å². The molecule has 1 aromatic rings. The maximum atomic E-state index is 11.0. The Hall–Kier alpha value is -1.54. The number of carbonyl (C=O) groups excluding carboxylic acids is 1. The van der Waals surface area contributed by atoms with Crippen LogP contribution in [0.3, 0.4) is 0 Å². The monoisotopic (exact) mass is 254 g/mol. The first-order chi connectivity index (χ1) is 8.54. The van der Waals surface area contributed by atoms with E-state index in [0.717, 1.165) is 0 Å². The predicted octanol–water partition coefficient (Wildman–Crippen LogP) is -1.67. The van der Waals surface area contributed by atoms with E-state index in [4.69, 9.17) is 15.6 Å². The number of aromatic nitrogens is 1. The third-order valence-electron chi connectivity index (χ3n) is 2.91. The number of nitrogens with two attached hydrogens (primary N) is 1. The lowest BCUT2D eigenvalue weighted by molar-refractivity contribution is -0.0228. The fraction of sp³-hybridized carbons (Fsp3) is 0.455. The molecule has 7 heteroatoms. The molecule has 1 fully saturated rings. The van der Waals surface area contributed by atoms with Gasteiger partial charge in [-0.05, 0) is 6.07 Å². The molecule has 2 rings (SSSR count). The zero-order chi connectivity index (χ0) is 13.3. The van der Waals surface area contributed by atoms with Gasteiger partial charge >= 0.3 is 0 Å². The fourth-order valence-corrected chi connectivity index (χ4v) is 1.92. The van der Waals surface area contributed by atoms with Gasteiger partial charge in [-0.15, -0.1) is 0 Å². The maximum absolute atomic E-state index is 11.0. The Bertz CT molecular complexity index is 453. The van der Waals surface area contributed by atoms with E-state index in [1.807, 2.05) is 0 Å². The first kappa shape index (κ1) is 12.9. The summed E-state index contributed by atoms with van der Waals surface area (Å²) in [5, 5.41) is 28.4. The van der Waals surface area contributed by atoms with Crippen LogP contribution in [0, 0.1) is 0 Å². The van der Waals surface area contributed by atoms with Crippen LogP contribution in [0.1, 0.15) is 22.0 Å². The predicted molar refractivity (Wildman–Crippen MR) is 59.5 cm³/mol. The Morgan fingerprint density at radius 2 is 2.11 bits per heavy atom. The van der Waals surface area contributed by atoms with E-state index in [0.29, 0.717) is 5.56 Å². The van der Waals surface area contributed by atoms with Gasteiger partial charge in [0.1, 0.15) is 24.4 Å². The lowest BCUT2D eigenvalue weighted by Gasteiger charge is -2.14. The number of aliphatic hydroxyl groups excluding tert-OH is 3. The van der Waals surface area contributed by atoms with Gasteiger partial charge in [0.25, 0.3) is 0 Å². The Balaban J connectivity index is 2.27. The minimum atomic E-state index is -1.19. The highest BCUT2D eigenvalue weighted by Gasteiger charge is 2.43. The maximum Gasteiger partial charge on any atom is 0.250 e. The van der Waals surface area contributed by atoms with Crippen LogP contribution in [0.2, 0.25) is 0 Å². The summed E-state index contributed by atoms with van der Waals surface area (Å²) >= 11 is 0. The van der Waals surface area contributed by atoms with Crippen molar-refractivity contribution in [2.24, 2.45) is 5.73 Å². The molecule has 0 radical (unpaired) electrons. The zero-order valence-corrected chi connectivity index (χ0v) is 9.43. The van der Waals surface area contributed by atoms with Crippen molar-refractivity contribution in [2.75, 3.05) is 6.61 Å². The number of hydrogen-bond acceptors (Lipinski definition) is 6. The number of aliphatic hydroxyl groups is 3. The number of ether oxygens (including phenoxy) is 1. The Morgan fingerprint density at radius 1 is 1.39 bits per heavy atom. The third kappa shape index (κ3) is 2.21. The van der Waals surface area contributed by atoms with Gasteiger partial charge in [0, 0.05) is 18.0 Å². The van der Waals surface area contributed by atoms with Crippen molar-refractivity contribution < 1.29 is 24.9 Å². The minimum Gasteiger partial charge on any atom is -0.394 e. The Morgan fingerprint density at radius 3 is 2.67 bits per heavy atom. The lowest BCUT2D eigenvalue weighted by atomic mass is 10.0. The van der Waals surface area contributed by atoms with Gasteiger partial charge in [0.15, 0.2) is 0 Å². The van der Waals surface area contributed by atoms with Crippen LogP contribution in [-0.2, 0) is 4.74 Å².